The van der Waals surface area contributed by atoms with Gasteiger partial charge < -0.3 is 5.11 Å². The van der Waals surface area contributed by atoms with Crippen LogP contribution < -0.4 is 0 Å². The van der Waals surface area contributed by atoms with Gasteiger partial charge in [0.15, 0.2) is 0 Å². The van der Waals surface area contributed by atoms with Crippen LogP contribution in [0.2, 0.25) is 5.02 Å². The highest BCUT2D eigenvalue weighted by atomic mass is 35.5. The lowest BCUT2D eigenvalue weighted by Crippen LogP contribution is -2.07. The molecule has 19 heavy (non-hydrogen) atoms. The normalized spacial score (nSPS) is 12.5. The van der Waals surface area contributed by atoms with E-state index in [0.29, 0.717) is 5.02 Å². The van der Waals surface area contributed by atoms with Crippen molar-refractivity contribution >= 4 is 11.6 Å². The molecule has 1 N–H and O–H groups in total. The Kier molecular flexibility index (Phi) is 3.98. The molecule has 2 aromatic carbocycles. The Morgan fingerprint density at radius 3 is 2.16 bits per heavy atom. The molecule has 1 atom stereocenters. The summed E-state index contributed by atoms with van der Waals surface area (Å²) in [5.41, 5.74) is 6.25. The highest BCUT2D eigenvalue weighted by molar-refractivity contribution is 6.31. The Balaban J connectivity index is 2.56. The zero-order valence-electron chi connectivity index (χ0n) is 11.8. The van der Waals surface area contributed by atoms with Crippen LogP contribution in [0.1, 0.15) is 39.5 Å². The molecule has 100 valence electrons. The van der Waals surface area contributed by atoms with Gasteiger partial charge in [-0.1, -0.05) is 41.4 Å². The van der Waals surface area contributed by atoms with Crippen LogP contribution in [0.4, 0.5) is 0 Å². The molecule has 0 aromatic heterocycles. The molecule has 0 saturated carbocycles. The quantitative estimate of drug-likeness (QED) is 0.845. The van der Waals surface area contributed by atoms with Gasteiger partial charge in [0.25, 0.3) is 0 Å². The van der Waals surface area contributed by atoms with E-state index in [1.807, 2.05) is 39.0 Å². The molecule has 0 spiro atoms. The van der Waals surface area contributed by atoms with E-state index >= 15 is 0 Å². The Hall–Kier alpha value is -1.31. The average molecular weight is 275 g/mol. The maximum Gasteiger partial charge on any atom is 0.105 e. The third-order valence-electron chi connectivity index (χ3n) is 3.62. The summed E-state index contributed by atoms with van der Waals surface area (Å²) in [4.78, 5) is 0. The molecular weight excluding hydrogens is 256 g/mol. The van der Waals surface area contributed by atoms with Gasteiger partial charge in [0.05, 0.1) is 0 Å². The van der Waals surface area contributed by atoms with Crippen molar-refractivity contribution < 1.29 is 5.11 Å². The van der Waals surface area contributed by atoms with E-state index < -0.39 is 6.10 Å². The fourth-order valence-electron chi connectivity index (χ4n) is 2.70. The molecule has 1 unspecified atom stereocenters. The smallest absolute Gasteiger partial charge is 0.105 e. The van der Waals surface area contributed by atoms with Crippen molar-refractivity contribution in [3.8, 4) is 0 Å². The summed E-state index contributed by atoms with van der Waals surface area (Å²) in [5, 5.41) is 11.4. The zero-order chi connectivity index (χ0) is 14.2. The molecule has 0 bridgehead atoms. The maximum atomic E-state index is 10.7. The van der Waals surface area contributed by atoms with Gasteiger partial charge in [-0.2, -0.15) is 0 Å². The monoisotopic (exact) mass is 274 g/mol. The summed E-state index contributed by atoms with van der Waals surface area (Å²) in [6.45, 7) is 8.09. The lowest BCUT2D eigenvalue weighted by atomic mass is 9.90. The van der Waals surface area contributed by atoms with Gasteiger partial charge in [0.1, 0.15) is 6.10 Å². The molecule has 0 aliphatic carbocycles. The van der Waals surface area contributed by atoms with Crippen molar-refractivity contribution in [3.05, 3.63) is 68.7 Å². The lowest BCUT2D eigenvalue weighted by molar-refractivity contribution is 0.218. The number of aliphatic hydroxyl groups excluding tert-OH is 1. The fraction of sp³-hybridized carbons (Fsp3) is 0.294. The topological polar surface area (TPSA) is 20.2 Å². The van der Waals surface area contributed by atoms with Gasteiger partial charge >= 0.3 is 0 Å². The Labute approximate surface area is 119 Å². The van der Waals surface area contributed by atoms with Crippen LogP contribution in [0.15, 0.2) is 30.3 Å². The van der Waals surface area contributed by atoms with Gasteiger partial charge in [-0.15, -0.1) is 0 Å². The first-order valence-electron chi connectivity index (χ1n) is 6.42. The highest BCUT2D eigenvalue weighted by Gasteiger charge is 2.18. The number of benzene rings is 2. The van der Waals surface area contributed by atoms with E-state index in [9.17, 15) is 5.11 Å². The molecule has 2 aromatic rings. The number of rotatable bonds is 2. The van der Waals surface area contributed by atoms with Crippen molar-refractivity contribution in [1.29, 1.82) is 0 Å². The first-order valence-corrected chi connectivity index (χ1v) is 6.80. The van der Waals surface area contributed by atoms with Crippen LogP contribution in [0.5, 0.6) is 0 Å². The molecule has 0 aliphatic heterocycles. The van der Waals surface area contributed by atoms with Gasteiger partial charge in [0.2, 0.25) is 0 Å². The number of hydrogen-bond donors (Lipinski definition) is 1. The van der Waals surface area contributed by atoms with Crippen LogP contribution in [0.3, 0.4) is 0 Å². The summed E-state index contributed by atoms with van der Waals surface area (Å²) >= 11 is 6.14. The van der Waals surface area contributed by atoms with E-state index in [4.69, 9.17) is 11.6 Å². The second kappa shape index (κ2) is 5.36. The number of aryl methyl sites for hydroxylation is 3. The minimum absolute atomic E-state index is 0.626. The van der Waals surface area contributed by atoms with Crippen LogP contribution in [0, 0.1) is 27.7 Å². The Morgan fingerprint density at radius 1 is 1.00 bits per heavy atom. The first kappa shape index (κ1) is 14.1. The molecular formula is C17H19ClO. The van der Waals surface area contributed by atoms with Gasteiger partial charge in [-0.05, 0) is 61.6 Å². The molecule has 1 nitrogen and oxygen atoms in total. The van der Waals surface area contributed by atoms with Crippen LogP contribution >= 0.6 is 11.6 Å². The molecule has 0 radical (unpaired) electrons. The summed E-state index contributed by atoms with van der Waals surface area (Å²) in [6, 6.07) is 9.87. The number of aliphatic hydroxyl groups is 1. The summed E-state index contributed by atoms with van der Waals surface area (Å²) in [5.74, 6) is 0. The second-order valence-electron chi connectivity index (χ2n) is 5.17. The molecule has 2 heteroatoms. The predicted octanol–water partition coefficient (Wildman–Crippen LogP) is 4.66. The second-order valence-corrected chi connectivity index (χ2v) is 5.58. The average Bonchev–Trinajstić information content (AvgIpc) is 2.31. The third kappa shape index (κ3) is 2.68. The first-order chi connectivity index (χ1) is 8.91. The van der Waals surface area contributed by atoms with Crippen molar-refractivity contribution in [2.24, 2.45) is 0 Å². The van der Waals surface area contributed by atoms with E-state index in [-0.39, 0.29) is 0 Å². The Bertz CT molecular complexity index is 594. The van der Waals surface area contributed by atoms with Crippen molar-refractivity contribution in [3.63, 3.8) is 0 Å². The SMILES string of the molecule is Cc1cc(C)c(C(O)c2cccc(Cl)c2C)c(C)c1. The van der Waals surface area contributed by atoms with Gasteiger partial charge in [-0.25, -0.2) is 0 Å². The minimum Gasteiger partial charge on any atom is -0.384 e. The van der Waals surface area contributed by atoms with Crippen molar-refractivity contribution in [1.82, 2.24) is 0 Å². The Morgan fingerprint density at radius 2 is 1.58 bits per heavy atom. The summed E-state index contributed by atoms with van der Waals surface area (Å²) in [6.07, 6.45) is -0.626. The van der Waals surface area contributed by atoms with Crippen LogP contribution in [-0.2, 0) is 0 Å². The van der Waals surface area contributed by atoms with E-state index in [1.165, 1.54) is 5.56 Å². The largest absolute Gasteiger partial charge is 0.384 e. The van der Waals surface area contributed by atoms with E-state index in [1.54, 1.807) is 0 Å². The fourth-order valence-corrected chi connectivity index (χ4v) is 2.88. The summed E-state index contributed by atoms with van der Waals surface area (Å²) < 4.78 is 0. The van der Waals surface area contributed by atoms with Gasteiger partial charge in [-0.3, -0.25) is 0 Å². The third-order valence-corrected chi connectivity index (χ3v) is 4.03. The zero-order valence-corrected chi connectivity index (χ0v) is 12.5. The number of halogens is 1. The minimum atomic E-state index is -0.626. The molecule has 2 rings (SSSR count). The molecule has 0 amide bonds. The van der Waals surface area contributed by atoms with Crippen molar-refractivity contribution in [2.45, 2.75) is 33.8 Å². The lowest BCUT2D eigenvalue weighted by Gasteiger charge is -2.20. The standard InChI is InChI=1S/C17H19ClO/c1-10-8-11(2)16(12(3)9-10)17(19)14-6-5-7-15(18)13(14)4/h5-9,17,19H,1-4H3. The van der Waals surface area contributed by atoms with E-state index in [0.717, 1.165) is 27.8 Å². The predicted molar refractivity (Wildman–Crippen MR) is 80.9 cm³/mol. The highest BCUT2D eigenvalue weighted by Crippen LogP contribution is 2.32. The van der Waals surface area contributed by atoms with Crippen LogP contribution in [0.25, 0.3) is 0 Å². The maximum absolute atomic E-state index is 10.7. The molecule has 0 heterocycles. The molecule has 0 fully saturated rings. The number of hydrogen-bond acceptors (Lipinski definition) is 1. The van der Waals surface area contributed by atoms with Crippen molar-refractivity contribution in [2.75, 3.05) is 0 Å². The van der Waals surface area contributed by atoms with Crippen LogP contribution in [-0.4, -0.2) is 5.11 Å². The molecule has 0 aliphatic rings. The summed E-state index contributed by atoms with van der Waals surface area (Å²) in [7, 11) is 0. The van der Waals surface area contributed by atoms with Gasteiger partial charge in [0, 0.05) is 5.02 Å². The molecule has 0 saturated heterocycles. The van der Waals surface area contributed by atoms with E-state index in [2.05, 4.69) is 19.1 Å².